The first-order valence-electron chi connectivity index (χ1n) is 4.52. The van der Waals surface area contributed by atoms with Crippen LogP contribution in [0.15, 0.2) is 22.8 Å². The summed E-state index contributed by atoms with van der Waals surface area (Å²) in [4.78, 5) is 4.09. The lowest BCUT2D eigenvalue weighted by molar-refractivity contribution is 0.0987. The number of ether oxygens (including phenoxy) is 1. The maximum Gasteiger partial charge on any atom is 0.214 e. The number of pyridine rings is 1. The van der Waals surface area contributed by atoms with Crippen LogP contribution in [0.5, 0.6) is 0 Å². The monoisotopic (exact) mass is 308 g/mol. The summed E-state index contributed by atoms with van der Waals surface area (Å²) in [5.41, 5.74) is 0.534. The number of halogens is 1. The molecular formula is C9H13BrN2O3S. The lowest BCUT2D eigenvalue weighted by atomic mass is 10.2. The van der Waals surface area contributed by atoms with Gasteiger partial charge >= 0.3 is 0 Å². The summed E-state index contributed by atoms with van der Waals surface area (Å²) in [5, 5.41) is 4.24. The second kappa shape index (κ2) is 5.22. The van der Waals surface area contributed by atoms with Crippen molar-refractivity contribution in [3.8, 4) is 0 Å². The van der Waals surface area contributed by atoms with Gasteiger partial charge in [0.2, 0.25) is 10.0 Å². The normalized spacial score (nSPS) is 15.8. The minimum absolute atomic E-state index is 0.534. The first kappa shape index (κ1) is 13.6. The predicted octanol–water partition coefficient (Wildman–Crippen LogP) is 1.21. The average molecular weight is 309 g/mol. The zero-order chi connectivity index (χ0) is 12.3. The van der Waals surface area contributed by atoms with Crippen molar-refractivity contribution in [3.05, 3.63) is 28.5 Å². The summed E-state index contributed by atoms with van der Waals surface area (Å²) >= 11 is 3.25. The quantitative estimate of drug-likeness (QED) is 0.906. The van der Waals surface area contributed by atoms with E-state index in [0.29, 0.717) is 5.69 Å². The van der Waals surface area contributed by atoms with E-state index in [1.54, 1.807) is 18.3 Å². The van der Waals surface area contributed by atoms with Crippen LogP contribution in [-0.2, 0) is 14.8 Å². The molecule has 7 heteroatoms. The van der Waals surface area contributed by atoms with Crippen LogP contribution in [-0.4, -0.2) is 25.8 Å². The molecule has 0 amide bonds. The maximum absolute atomic E-state index is 11.2. The molecule has 0 fully saturated rings. The van der Waals surface area contributed by atoms with E-state index in [9.17, 15) is 8.42 Å². The van der Waals surface area contributed by atoms with Gasteiger partial charge in [0.1, 0.15) is 11.4 Å². The number of sulfonamides is 1. The zero-order valence-electron chi connectivity index (χ0n) is 8.92. The van der Waals surface area contributed by atoms with E-state index in [4.69, 9.17) is 9.88 Å². The summed E-state index contributed by atoms with van der Waals surface area (Å²) in [6.07, 6.45) is 0.917. The van der Waals surface area contributed by atoms with Crippen molar-refractivity contribution in [2.45, 2.75) is 18.3 Å². The van der Waals surface area contributed by atoms with Crippen LogP contribution in [0.1, 0.15) is 18.7 Å². The molecule has 0 radical (unpaired) electrons. The fraction of sp³-hybridized carbons (Fsp3) is 0.444. The highest BCUT2D eigenvalue weighted by Crippen LogP contribution is 2.23. The van der Waals surface area contributed by atoms with E-state index in [-0.39, 0.29) is 0 Å². The van der Waals surface area contributed by atoms with Crippen molar-refractivity contribution in [1.82, 2.24) is 4.98 Å². The number of nitrogens with zero attached hydrogens (tertiary/aromatic N) is 1. The highest BCUT2D eigenvalue weighted by atomic mass is 79.9. The molecule has 0 aliphatic carbocycles. The molecule has 2 N–H and O–H groups in total. The third kappa shape index (κ3) is 3.24. The molecule has 1 heterocycles. The molecule has 1 aromatic rings. The Hall–Kier alpha value is -0.500. The van der Waals surface area contributed by atoms with Gasteiger partial charge in [-0.05, 0) is 35.0 Å². The van der Waals surface area contributed by atoms with Gasteiger partial charge in [0.05, 0.1) is 5.69 Å². The first-order valence-corrected chi connectivity index (χ1v) is 6.92. The summed E-state index contributed by atoms with van der Waals surface area (Å²) in [6.45, 7) is 1.49. The summed E-state index contributed by atoms with van der Waals surface area (Å²) in [5.74, 6) is 0. The van der Waals surface area contributed by atoms with Gasteiger partial charge in [-0.2, -0.15) is 0 Å². The van der Waals surface area contributed by atoms with Crippen LogP contribution in [0.2, 0.25) is 0 Å². The fourth-order valence-electron chi connectivity index (χ4n) is 1.28. The average Bonchev–Trinajstić information content (AvgIpc) is 2.20. The molecule has 5 nitrogen and oxygen atoms in total. The summed E-state index contributed by atoms with van der Waals surface area (Å²) in [7, 11) is -2.22. The molecule has 0 aliphatic rings. The van der Waals surface area contributed by atoms with Crippen molar-refractivity contribution >= 4 is 26.0 Å². The van der Waals surface area contributed by atoms with Crippen molar-refractivity contribution in [2.24, 2.45) is 5.14 Å². The number of rotatable bonds is 4. The molecule has 90 valence electrons. The maximum atomic E-state index is 11.2. The molecule has 1 aromatic heterocycles. The van der Waals surface area contributed by atoms with E-state index in [0.717, 1.165) is 4.47 Å². The molecule has 1 rings (SSSR count). The SMILES string of the molecule is CO[C@H](c1ccc(Br)cn1)[C@@H](C)S(N)(=O)=O. The Balaban J connectivity index is 3.03. The third-order valence-electron chi connectivity index (χ3n) is 2.24. The van der Waals surface area contributed by atoms with E-state index < -0.39 is 21.4 Å². The lowest BCUT2D eigenvalue weighted by Gasteiger charge is -2.20. The van der Waals surface area contributed by atoms with Gasteiger partial charge < -0.3 is 4.74 Å². The number of hydrogen-bond donors (Lipinski definition) is 1. The molecule has 0 spiro atoms. The van der Waals surface area contributed by atoms with Crippen molar-refractivity contribution in [3.63, 3.8) is 0 Å². The van der Waals surface area contributed by atoms with Gasteiger partial charge in [-0.15, -0.1) is 0 Å². The summed E-state index contributed by atoms with van der Waals surface area (Å²) in [6, 6.07) is 3.46. The van der Waals surface area contributed by atoms with E-state index in [1.165, 1.54) is 14.0 Å². The Bertz CT molecular complexity index is 446. The van der Waals surface area contributed by atoms with Crippen molar-refractivity contribution in [2.75, 3.05) is 7.11 Å². The Morgan fingerprint density at radius 2 is 2.12 bits per heavy atom. The molecule has 0 saturated heterocycles. The van der Waals surface area contributed by atoms with Gasteiger partial charge in [0, 0.05) is 17.8 Å². The van der Waals surface area contributed by atoms with Gasteiger partial charge in [-0.25, -0.2) is 13.6 Å². The van der Waals surface area contributed by atoms with Crippen LogP contribution in [0.4, 0.5) is 0 Å². The van der Waals surface area contributed by atoms with Crippen LogP contribution < -0.4 is 5.14 Å². The van der Waals surface area contributed by atoms with Crippen LogP contribution in [0.3, 0.4) is 0 Å². The number of nitrogens with two attached hydrogens (primary N) is 1. The van der Waals surface area contributed by atoms with Crippen LogP contribution in [0.25, 0.3) is 0 Å². The molecule has 0 saturated carbocycles. The largest absolute Gasteiger partial charge is 0.374 e. The van der Waals surface area contributed by atoms with E-state index >= 15 is 0 Å². The predicted molar refractivity (Wildman–Crippen MR) is 64.3 cm³/mol. The number of hydrogen-bond acceptors (Lipinski definition) is 4. The molecule has 2 atom stereocenters. The number of aromatic nitrogens is 1. The van der Waals surface area contributed by atoms with Gasteiger partial charge in [0.25, 0.3) is 0 Å². The van der Waals surface area contributed by atoms with Crippen molar-refractivity contribution < 1.29 is 13.2 Å². The topological polar surface area (TPSA) is 82.3 Å². The standard InChI is InChI=1S/C9H13BrN2O3S/c1-6(16(11,13)14)9(15-2)8-4-3-7(10)5-12-8/h3-6,9H,1-2H3,(H2,11,13,14)/t6-,9+/m1/s1. The minimum Gasteiger partial charge on any atom is -0.374 e. The highest BCUT2D eigenvalue weighted by molar-refractivity contribution is 9.10. The van der Waals surface area contributed by atoms with Crippen LogP contribution >= 0.6 is 15.9 Å². The second-order valence-corrected chi connectivity index (χ2v) is 6.19. The third-order valence-corrected chi connectivity index (χ3v) is 3.99. The Morgan fingerprint density at radius 3 is 2.50 bits per heavy atom. The van der Waals surface area contributed by atoms with Gasteiger partial charge in [-0.1, -0.05) is 0 Å². The Labute approximate surface area is 103 Å². The van der Waals surface area contributed by atoms with Crippen LogP contribution in [0, 0.1) is 0 Å². The molecule has 16 heavy (non-hydrogen) atoms. The smallest absolute Gasteiger partial charge is 0.214 e. The van der Waals surface area contributed by atoms with Crippen molar-refractivity contribution in [1.29, 1.82) is 0 Å². The highest BCUT2D eigenvalue weighted by Gasteiger charge is 2.28. The summed E-state index contributed by atoms with van der Waals surface area (Å²) < 4.78 is 28.4. The van der Waals surface area contributed by atoms with Gasteiger partial charge in [0.15, 0.2) is 0 Å². The molecule has 0 aliphatic heterocycles. The van der Waals surface area contributed by atoms with E-state index in [2.05, 4.69) is 20.9 Å². The zero-order valence-corrected chi connectivity index (χ0v) is 11.3. The second-order valence-electron chi connectivity index (χ2n) is 3.35. The Morgan fingerprint density at radius 1 is 1.50 bits per heavy atom. The molecule has 0 unspecified atom stereocenters. The Kier molecular flexibility index (Phi) is 4.43. The first-order chi connectivity index (χ1) is 7.36. The molecule has 0 aromatic carbocycles. The minimum atomic E-state index is -3.65. The lowest BCUT2D eigenvalue weighted by Crippen LogP contribution is -2.32. The molecular weight excluding hydrogens is 296 g/mol. The van der Waals surface area contributed by atoms with E-state index in [1.807, 2.05) is 0 Å². The molecule has 0 bridgehead atoms. The van der Waals surface area contributed by atoms with Gasteiger partial charge in [-0.3, -0.25) is 4.98 Å². The number of methoxy groups -OCH3 is 1. The number of primary sulfonamides is 1. The fourth-order valence-corrected chi connectivity index (χ4v) is 2.11.